The molecule has 0 aliphatic heterocycles. The summed E-state index contributed by atoms with van der Waals surface area (Å²) in [5, 5.41) is 56.0. The van der Waals surface area contributed by atoms with Gasteiger partial charge in [0, 0.05) is 0 Å². The van der Waals surface area contributed by atoms with Crippen LogP contribution >= 0.6 is 0 Å². The minimum absolute atomic E-state index is 0.0413. The summed E-state index contributed by atoms with van der Waals surface area (Å²) in [6.07, 6.45) is -0.954. The molecule has 0 fully saturated rings. The Hall–Kier alpha value is -0.400. The second-order valence-corrected chi connectivity index (χ2v) is 3.75. The normalized spacial score (nSPS) is 9.91. The van der Waals surface area contributed by atoms with Crippen LogP contribution in [0.15, 0.2) is 0 Å². The third-order valence-electron chi connectivity index (χ3n) is 1.74. The van der Waals surface area contributed by atoms with Gasteiger partial charge in [-0.3, -0.25) is 0 Å². The van der Waals surface area contributed by atoms with Crippen molar-refractivity contribution in [1.82, 2.24) is 0 Å². The van der Waals surface area contributed by atoms with E-state index in [0.29, 0.717) is 39.6 Å². The number of hydrogen-bond acceptors (Lipinski definition) is 10. The van der Waals surface area contributed by atoms with Crippen LogP contribution in [0.4, 0.5) is 0 Å². The molecule has 0 atom stereocenters. The molecule has 0 heterocycles. The van der Waals surface area contributed by atoms with Crippen molar-refractivity contribution in [1.29, 1.82) is 0 Å². The Morgan fingerprint density at radius 2 is 0.783 bits per heavy atom. The Bertz CT molecular complexity index is 157. The van der Waals surface area contributed by atoms with Gasteiger partial charge in [0.25, 0.3) is 0 Å². The van der Waals surface area contributed by atoms with Crippen LogP contribution in [0.3, 0.4) is 0 Å². The van der Waals surface area contributed by atoms with Gasteiger partial charge >= 0.3 is 0 Å². The summed E-state index contributed by atoms with van der Waals surface area (Å²) in [4.78, 5) is 0. The Morgan fingerprint density at radius 1 is 0.478 bits per heavy atom. The number of ether oxygens (including phenoxy) is 3. The third-order valence-corrected chi connectivity index (χ3v) is 1.74. The van der Waals surface area contributed by atoms with Gasteiger partial charge in [0.2, 0.25) is 0 Å². The largest absolute Gasteiger partial charge is 0.394 e. The zero-order chi connectivity index (χ0) is 18.2. The first-order chi connectivity index (χ1) is 11.1. The van der Waals surface area contributed by atoms with Crippen LogP contribution in [0.5, 0.6) is 0 Å². The number of aliphatic hydroxyl groups excluding tert-OH is 7. The third kappa shape index (κ3) is 38.9. The van der Waals surface area contributed by atoms with E-state index in [2.05, 4.69) is 0 Å². The average Bonchev–Trinajstić information content (AvgIpc) is 2.60. The van der Waals surface area contributed by atoms with E-state index in [4.69, 9.17) is 50.0 Å². The van der Waals surface area contributed by atoms with Gasteiger partial charge in [0.15, 0.2) is 0 Å². The molecule has 0 saturated heterocycles. The summed E-state index contributed by atoms with van der Waals surface area (Å²) in [5.41, 5.74) is 0. The van der Waals surface area contributed by atoms with Crippen LogP contribution < -0.4 is 0 Å². The molecule has 0 spiro atoms. The highest BCUT2D eigenvalue weighted by atomic mass is 16.5. The Labute approximate surface area is 136 Å². The van der Waals surface area contributed by atoms with E-state index in [1.165, 1.54) is 0 Å². The molecule has 0 unspecified atom stereocenters. The van der Waals surface area contributed by atoms with Crippen molar-refractivity contribution >= 4 is 0 Å². The van der Waals surface area contributed by atoms with E-state index < -0.39 is 6.10 Å². The van der Waals surface area contributed by atoms with Crippen molar-refractivity contribution in [3.63, 3.8) is 0 Å². The summed E-state index contributed by atoms with van der Waals surface area (Å²) >= 11 is 0. The van der Waals surface area contributed by atoms with Crippen LogP contribution in [0, 0.1) is 0 Å². The fraction of sp³-hybridized carbons (Fsp3) is 1.00. The minimum Gasteiger partial charge on any atom is -0.394 e. The zero-order valence-corrected chi connectivity index (χ0v) is 13.4. The maximum absolute atomic E-state index is 8.36. The highest BCUT2D eigenvalue weighted by Crippen LogP contribution is 1.80. The molecule has 0 aromatic heterocycles. The smallest absolute Gasteiger partial charge is 0.100 e. The van der Waals surface area contributed by atoms with Gasteiger partial charge in [-0.15, -0.1) is 0 Å². The lowest BCUT2D eigenvalue weighted by molar-refractivity contribution is 0.00230. The van der Waals surface area contributed by atoms with Crippen molar-refractivity contribution in [3.05, 3.63) is 0 Å². The van der Waals surface area contributed by atoms with Gasteiger partial charge < -0.3 is 50.0 Å². The molecule has 0 rings (SSSR count). The van der Waals surface area contributed by atoms with Gasteiger partial charge in [0.1, 0.15) is 6.10 Å². The monoisotopic (exact) mass is 348 g/mol. The highest BCUT2D eigenvalue weighted by molar-refractivity contribution is 4.44. The van der Waals surface area contributed by atoms with Gasteiger partial charge in [-0.05, 0) is 0 Å². The van der Waals surface area contributed by atoms with Crippen LogP contribution in [-0.4, -0.2) is 121 Å². The molecule has 0 aliphatic carbocycles. The van der Waals surface area contributed by atoms with Gasteiger partial charge in [-0.1, -0.05) is 0 Å². The maximum Gasteiger partial charge on any atom is 0.100 e. The lowest BCUT2D eigenvalue weighted by atomic mass is 10.4. The number of aliphatic hydroxyl groups is 7. The molecule has 0 saturated carbocycles. The van der Waals surface area contributed by atoms with E-state index in [9.17, 15) is 0 Å². The van der Waals surface area contributed by atoms with Crippen molar-refractivity contribution < 1.29 is 50.0 Å². The molecular weight excluding hydrogens is 316 g/mol. The predicted octanol–water partition coefficient (Wildman–Crippen LogP) is -3.68. The van der Waals surface area contributed by atoms with Crippen LogP contribution in [0.2, 0.25) is 0 Å². The average molecular weight is 348 g/mol. The molecule has 0 aromatic rings. The Morgan fingerprint density at radius 3 is 0.957 bits per heavy atom. The van der Waals surface area contributed by atoms with Crippen molar-refractivity contribution in [2.45, 2.75) is 6.10 Å². The fourth-order valence-electron chi connectivity index (χ4n) is 0.729. The fourth-order valence-corrected chi connectivity index (χ4v) is 0.729. The molecule has 0 amide bonds. The van der Waals surface area contributed by atoms with Crippen LogP contribution in [0.25, 0.3) is 0 Å². The lowest BCUT2D eigenvalue weighted by Gasteiger charge is -2.04. The molecule has 23 heavy (non-hydrogen) atoms. The van der Waals surface area contributed by atoms with Crippen LogP contribution in [0.1, 0.15) is 0 Å². The molecule has 7 N–H and O–H groups in total. The Kier molecular flexibility index (Phi) is 35.3. The standard InChI is InChI=1S/C8H18O5.C3H8O3.C2H6O2/c9-1-3-11-5-7-13-8-6-12-4-2-10;4-1-3(6)2-5;3-1-2-4/h9-10H,1-8H2;3-6H,1-2H2;3-4H,1-2H2. The van der Waals surface area contributed by atoms with E-state index in [-0.39, 0.29) is 39.6 Å². The van der Waals surface area contributed by atoms with E-state index >= 15 is 0 Å². The Balaban J connectivity index is -0.000000330. The number of rotatable bonds is 13. The first-order valence-electron chi connectivity index (χ1n) is 7.20. The first-order valence-corrected chi connectivity index (χ1v) is 7.20. The summed E-state index contributed by atoms with van der Waals surface area (Å²) in [7, 11) is 0. The summed E-state index contributed by atoms with van der Waals surface area (Å²) < 4.78 is 15.0. The molecule has 0 radical (unpaired) electrons. The quantitative estimate of drug-likeness (QED) is 0.165. The zero-order valence-electron chi connectivity index (χ0n) is 13.4. The topological polar surface area (TPSA) is 169 Å². The summed E-state index contributed by atoms with van der Waals surface area (Å²) in [5.74, 6) is 0. The molecule has 10 nitrogen and oxygen atoms in total. The van der Waals surface area contributed by atoms with Gasteiger partial charge in [0.05, 0.1) is 79.3 Å². The molecule has 0 bridgehead atoms. The predicted molar refractivity (Wildman–Crippen MR) is 81.0 cm³/mol. The van der Waals surface area contributed by atoms with E-state index in [1.807, 2.05) is 0 Å². The van der Waals surface area contributed by atoms with Crippen molar-refractivity contribution in [3.8, 4) is 0 Å². The van der Waals surface area contributed by atoms with Crippen LogP contribution in [-0.2, 0) is 14.2 Å². The van der Waals surface area contributed by atoms with E-state index in [0.717, 1.165) is 0 Å². The van der Waals surface area contributed by atoms with Crippen molar-refractivity contribution in [2.75, 3.05) is 79.3 Å². The van der Waals surface area contributed by atoms with Gasteiger partial charge in [-0.2, -0.15) is 0 Å². The maximum atomic E-state index is 8.36. The second kappa shape index (κ2) is 29.6. The summed E-state index contributed by atoms with van der Waals surface area (Å²) in [6.45, 7) is 1.78. The second-order valence-electron chi connectivity index (χ2n) is 3.75. The first kappa shape index (κ1) is 27.4. The SMILES string of the molecule is OCC(O)CO.OCCO.OCCOCCOCCOCCO. The molecular formula is C13H32O10. The molecule has 144 valence electrons. The molecule has 10 heteroatoms. The lowest BCUT2D eigenvalue weighted by Crippen LogP contribution is -2.15. The highest BCUT2D eigenvalue weighted by Gasteiger charge is 1.93. The van der Waals surface area contributed by atoms with E-state index in [1.54, 1.807) is 0 Å². The molecule has 0 aliphatic rings. The van der Waals surface area contributed by atoms with Crippen molar-refractivity contribution in [2.24, 2.45) is 0 Å². The van der Waals surface area contributed by atoms with Gasteiger partial charge in [-0.25, -0.2) is 0 Å². The summed E-state index contributed by atoms with van der Waals surface area (Å²) in [6, 6.07) is 0. The molecule has 0 aromatic carbocycles. The minimum atomic E-state index is -0.954. The number of hydrogen-bond donors (Lipinski definition) is 7.